The van der Waals surface area contributed by atoms with Crippen molar-refractivity contribution in [3.63, 3.8) is 0 Å². The highest BCUT2D eigenvalue weighted by atomic mass is 16.5. The van der Waals surface area contributed by atoms with Crippen LogP contribution in [-0.2, 0) is 14.3 Å². The van der Waals surface area contributed by atoms with Crippen LogP contribution < -0.4 is 5.32 Å². The summed E-state index contributed by atoms with van der Waals surface area (Å²) in [6, 6.07) is -0.0951. The number of morpholine rings is 1. The van der Waals surface area contributed by atoms with E-state index in [0.717, 1.165) is 25.8 Å². The molecule has 1 unspecified atom stereocenters. The first-order chi connectivity index (χ1) is 8.66. The maximum Gasteiger partial charge on any atom is 0.306 e. The van der Waals surface area contributed by atoms with Crippen molar-refractivity contribution < 1.29 is 19.4 Å². The van der Waals surface area contributed by atoms with E-state index < -0.39 is 5.97 Å². The number of carbonyl (C=O) groups excluding carboxylic acids is 1. The fourth-order valence-electron chi connectivity index (χ4n) is 2.52. The zero-order chi connectivity index (χ0) is 13.0. The lowest BCUT2D eigenvalue weighted by Gasteiger charge is -2.35. The van der Waals surface area contributed by atoms with Gasteiger partial charge in [0.15, 0.2) is 0 Å². The van der Waals surface area contributed by atoms with Crippen LogP contribution in [0.15, 0.2) is 0 Å². The SMILES string of the molecule is O=C(O)CC1CN(C(=O)[C@@H]2CCCCN2)CCO1. The number of carbonyl (C=O) groups is 2. The zero-order valence-corrected chi connectivity index (χ0v) is 10.4. The largest absolute Gasteiger partial charge is 0.481 e. The quantitative estimate of drug-likeness (QED) is 0.733. The maximum absolute atomic E-state index is 12.2. The van der Waals surface area contributed by atoms with Crippen LogP contribution in [0.4, 0.5) is 0 Å². The predicted octanol–water partition coefficient (Wildman–Crippen LogP) is -0.169. The Morgan fingerprint density at radius 1 is 1.39 bits per heavy atom. The molecule has 6 nitrogen and oxygen atoms in total. The van der Waals surface area contributed by atoms with Crippen LogP contribution in [0.1, 0.15) is 25.7 Å². The van der Waals surface area contributed by atoms with Gasteiger partial charge in [-0.1, -0.05) is 6.42 Å². The van der Waals surface area contributed by atoms with E-state index in [-0.39, 0.29) is 24.5 Å². The number of nitrogens with one attached hydrogen (secondary N) is 1. The Morgan fingerprint density at radius 3 is 2.89 bits per heavy atom. The molecule has 2 rings (SSSR count). The topological polar surface area (TPSA) is 78.9 Å². The minimum Gasteiger partial charge on any atom is -0.481 e. The second-order valence-electron chi connectivity index (χ2n) is 4.88. The number of ether oxygens (including phenoxy) is 1. The summed E-state index contributed by atoms with van der Waals surface area (Å²) < 4.78 is 5.36. The molecule has 0 saturated carbocycles. The van der Waals surface area contributed by atoms with E-state index >= 15 is 0 Å². The Morgan fingerprint density at radius 2 is 2.22 bits per heavy atom. The molecule has 0 aromatic heterocycles. The Hall–Kier alpha value is -1.14. The average molecular weight is 256 g/mol. The van der Waals surface area contributed by atoms with Crippen LogP contribution in [0.5, 0.6) is 0 Å². The molecule has 18 heavy (non-hydrogen) atoms. The summed E-state index contributed by atoms with van der Waals surface area (Å²) in [5.74, 6) is -0.793. The predicted molar refractivity (Wildman–Crippen MR) is 64.2 cm³/mol. The molecule has 2 aliphatic heterocycles. The highest BCUT2D eigenvalue weighted by Crippen LogP contribution is 2.14. The molecule has 0 aromatic rings. The van der Waals surface area contributed by atoms with Gasteiger partial charge in [0, 0.05) is 13.1 Å². The van der Waals surface area contributed by atoms with Crippen molar-refractivity contribution in [3.05, 3.63) is 0 Å². The third-order valence-corrected chi connectivity index (χ3v) is 3.46. The maximum atomic E-state index is 12.2. The number of carboxylic acids is 1. The summed E-state index contributed by atoms with van der Waals surface area (Å²) >= 11 is 0. The molecule has 0 spiro atoms. The second-order valence-corrected chi connectivity index (χ2v) is 4.88. The lowest BCUT2D eigenvalue weighted by molar-refractivity contribution is -0.149. The monoisotopic (exact) mass is 256 g/mol. The summed E-state index contributed by atoms with van der Waals surface area (Å²) in [4.78, 5) is 24.6. The molecule has 2 aliphatic rings. The van der Waals surface area contributed by atoms with Gasteiger partial charge in [0.05, 0.1) is 25.2 Å². The lowest BCUT2D eigenvalue weighted by atomic mass is 10.0. The molecule has 2 atom stereocenters. The summed E-state index contributed by atoms with van der Waals surface area (Å²) in [6.07, 6.45) is 2.66. The molecule has 2 N–H and O–H groups in total. The van der Waals surface area contributed by atoms with Crippen LogP contribution in [0, 0.1) is 0 Å². The molecule has 2 saturated heterocycles. The summed E-state index contributed by atoms with van der Waals surface area (Å²) in [6.45, 7) is 2.27. The van der Waals surface area contributed by atoms with Gasteiger partial charge in [-0.2, -0.15) is 0 Å². The van der Waals surface area contributed by atoms with Crippen molar-refractivity contribution in [2.75, 3.05) is 26.2 Å². The first-order valence-electron chi connectivity index (χ1n) is 6.52. The van der Waals surface area contributed by atoms with Gasteiger partial charge in [0.1, 0.15) is 0 Å². The Bertz CT molecular complexity index is 315. The normalized spacial score (nSPS) is 29.0. The van der Waals surface area contributed by atoms with E-state index in [1.54, 1.807) is 4.90 Å². The zero-order valence-electron chi connectivity index (χ0n) is 10.4. The van der Waals surface area contributed by atoms with E-state index in [4.69, 9.17) is 9.84 Å². The van der Waals surface area contributed by atoms with Gasteiger partial charge in [0.25, 0.3) is 0 Å². The van der Waals surface area contributed by atoms with Gasteiger partial charge in [-0.25, -0.2) is 0 Å². The smallest absolute Gasteiger partial charge is 0.306 e. The highest BCUT2D eigenvalue weighted by molar-refractivity contribution is 5.82. The van der Waals surface area contributed by atoms with Gasteiger partial charge in [-0.15, -0.1) is 0 Å². The third kappa shape index (κ3) is 3.43. The van der Waals surface area contributed by atoms with E-state index in [0.29, 0.717) is 19.7 Å². The average Bonchev–Trinajstić information content (AvgIpc) is 2.38. The van der Waals surface area contributed by atoms with Crippen molar-refractivity contribution in [1.82, 2.24) is 10.2 Å². The molecule has 0 radical (unpaired) electrons. The minimum atomic E-state index is -0.884. The van der Waals surface area contributed by atoms with Crippen LogP contribution in [0.3, 0.4) is 0 Å². The van der Waals surface area contributed by atoms with E-state index in [9.17, 15) is 9.59 Å². The molecule has 2 heterocycles. The van der Waals surface area contributed by atoms with Crippen LogP contribution in [-0.4, -0.2) is 60.3 Å². The fraction of sp³-hybridized carbons (Fsp3) is 0.833. The van der Waals surface area contributed by atoms with Gasteiger partial charge in [0.2, 0.25) is 5.91 Å². The van der Waals surface area contributed by atoms with Crippen molar-refractivity contribution in [3.8, 4) is 0 Å². The summed E-state index contributed by atoms with van der Waals surface area (Å²) in [5.41, 5.74) is 0. The molecular weight excluding hydrogens is 236 g/mol. The number of aliphatic carboxylic acids is 1. The van der Waals surface area contributed by atoms with Gasteiger partial charge >= 0.3 is 5.97 Å². The lowest BCUT2D eigenvalue weighted by Crippen LogP contribution is -2.54. The first kappa shape index (κ1) is 13.3. The van der Waals surface area contributed by atoms with Crippen molar-refractivity contribution in [1.29, 1.82) is 0 Å². The standard InChI is InChI=1S/C12H20N2O4/c15-11(16)7-9-8-14(5-6-18-9)12(17)10-3-1-2-4-13-10/h9-10,13H,1-8H2,(H,15,16)/t9?,10-/m0/s1. The van der Waals surface area contributed by atoms with Gasteiger partial charge in [-0.05, 0) is 19.4 Å². The molecular formula is C12H20N2O4. The highest BCUT2D eigenvalue weighted by Gasteiger charge is 2.30. The molecule has 2 fully saturated rings. The number of rotatable bonds is 3. The number of nitrogens with zero attached hydrogens (tertiary/aromatic N) is 1. The van der Waals surface area contributed by atoms with E-state index in [2.05, 4.69) is 5.32 Å². The van der Waals surface area contributed by atoms with E-state index in [1.165, 1.54) is 0 Å². The Kier molecular flexibility index (Phi) is 4.54. The number of hydrogen-bond acceptors (Lipinski definition) is 4. The fourth-order valence-corrected chi connectivity index (χ4v) is 2.52. The second kappa shape index (κ2) is 6.15. The molecule has 0 bridgehead atoms. The van der Waals surface area contributed by atoms with Crippen molar-refractivity contribution in [2.24, 2.45) is 0 Å². The molecule has 0 aromatic carbocycles. The van der Waals surface area contributed by atoms with E-state index in [1.807, 2.05) is 0 Å². The van der Waals surface area contributed by atoms with Crippen LogP contribution in [0.2, 0.25) is 0 Å². The molecule has 0 aliphatic carbocycles. The van der Waals surface area contributed by atoms with Crippen molar-refractivity contribution >= 4 is 11.9 Å². The first-order valence-corrected chi connectivity index (χ1v) is 6.52. The number of piperidine rings is 1. The van der Waals surface area contributed by atoms with Crippen LogP contribution >= 0.6 is 0 Å². The minimum absolute atomic E-state index is 0.0398. The Labute approximate surface area is 106 Å². The number of carboxylic acid groups (broad SMARTS) is 1. The molecule has 6 heteroatoms. The van der Waals surface area contributed by atoms with Gasteiger partial charge in [-0.3, -0.25) is 9.59 Å². The van der Waals surface area contributed by atoms with Gasteiger partial charge < -0.3 is 20.1 Å². The third-order valence-electron chi connectivity index (χ3n) is 3.46. The van der Waals surface area contributed by atoms with Crippen LogP contribution in [0.25, 0.3) is 0 Å². The number of amides is 1. The summed E-state index contributed by atoms with van der Waals surface area (Å²) in [5, 5.41) is 12.0. The van der Waals surface area contributed by atoms with Crippen molar-refractivity contribution in [2.45, 2.75) is 37.8 Å². The Balaban J connectivity index is 1.87. The molecule has 102 valence electrons. The molecule has 1 amide bonds. The summed E-state index contributed by atoms with van der Waals surface area (Å²) in [7, 11) is 0. The number of hydrogen-bond donors (Lipinski definition) is 2.